The lowest BCUT2D eigenvalue weighted by Crippen LogP contribution is -2.34. The molecule has 0 aliphatic heterocycles. The molecule has 0 spiro atoms. The zero-order chi connectivity index (χ0) is 13.8. The summed E-state index contributed by atoms with van der Waals surface area (Å²) in [5, 5.41) is 9.78. The van der Waals surface area contributed by atoms with E-state index in [4.69, 9.17) is 0 Å². The first kappa shape index (κ1) is 15.1. The molecular weight excluding hydrogens is 252 g/mol. The van der Waals surface area contributed by atoms with Crippen molar-refractivity contribution >= 4 is 10.0 Å². The van der Waals surface area contributed by atoms with E-state index in [2.05, 4.69) is 22.4 Å². The third-order valence-corrected chi connectivity index (χ3v) is 4.83. The number of aromatic nitrogens is 2. The van der Waals surface area contributed by atoms with Gasteiger partial charge in [0, 0.05) is 25.2 Å². The molecule has 0 radical (unpaired) electrons. The van der Waals surface area contributed by atoms with Crippen molar-refractivity contribution in [2.24, 2.45) is 0 Å². The number of rotatable bonds is 7. The molecule has 0 atom stereocenters. The van der Waals surface area contributed by atoms with Crippen LogP contribution in [-0.2, 0) is 16.6 Å². The van der Waals surface area contributed by atoms with Crippen LogP contribution in [0.3, 0.4) is 0 Å². The van der Waals surface area contributed by atoms with Crippen molar-refractivity contribution in [2.75, 3.05) is 13.6 Å². The minimum Gasteiger partial charge on any atom is -0.313 e. The van der Waals surface area contributed by atoms with Crippen molar-refractivity contribution in [3.8, 4) is 0 Å². The Kier molecular flexibility index (Phi) is 5.30. The van der Waals surface area contributed by atoms with E-state index in [0.717, 1.165) is 13.0 Å². The van der Waals surface area contributed by atoms with Gasteiger partial charge in [0.1, 0.15) is 0 Å². The van der Waals surface area contributed by atoms with Crippen molar-refractivity contribution in [3.05, 3.63) is 11.8 Å². The molecule has 0 bridgehead atoms. The first-order valence-electron chi connectivity index (χ1n) is 6.12. The van der Waals surface area contributed by atoms with Crippen LogP contribution in [0.4, 0.5) is 0 Å². The van der Waals surface area contributed by atoms with Crippen LogP contribution in [0.5, 0.6) is 0 Å². The Morgan fingerprint density at radius 3 is 2.72 bits per heavy atom. The molecule has 1 heterocycles. The molecule has 1 rings (SSSR count). The zero-order valence-electron chi connectivity index (χ0n) is 11.4. The van der Waals surface area contributed by atoms with E-state index >= 15 is 0 Å². The molecular formula is C11H22N4O2S. The number of nitrogens with zero attached hydrogens (tertiary/aromatic N) is 2. The fourth-order valence-corrected chi connectivity index (χ4v) is 2.94. The normalized spacial score (nSPS) is 12.6. The summed E-state index contributed by atoms with van der Waals surface area (Å²) < 4.78 is 26.0. The summed E-state index contributed by atoms with van der Waals surface area (Å²) >= 11 is 0. The molecule has 0 aromatic carbocycles. The molecule has 2 N–H and O–H groups in total. The van der Waals surface area contributed by atoms with E-state index in [1.807, 2.05) is 13.8 Å². The number of H-pyrrole nitrogens is 1. The van der Waals surface area contributed by atoms with Gasteiger partial charge >= 0.3 is 0 Å². The predicted octanol–water partition coefficient (Wildman–Crippen LogP) is 0.938. The third kappa shape index (κ3) is 3.30. The van der Waals surface area contributed by atoms with Gasteiger partial charge in [-0.3, -0.25) is 5.10 Å². The lowest BCUT2D eigenvalue weighted by Gasteiger charge is -2.20. The largest absolute Gasteiger partial charge is 0.313 e. The second-order valence-corrected chi connectivity index (χ2v) is 6.45. The highest BCUT2D eigenvalue weighted by molar-refractivity contribution is 7.89. The molecule has 6 nitrogen and oxygen atoms in total. The van der Waals surface area contributed by atoms with Gasteiger partial charge in [0.2, 0.25) is 0 Å². The standard InChI is InChI=1S/C11H22N4O2S/c1-5-6-12-7-10-8-13-14-11(10)18(16,17)15(4)9(2)3/h8-9,12H,5-7H2,1-4H3,(H,13,14). The fraction of sp³-hybridized carbons (Fsp3) is 0.727. The zero-order valence-corrected chi connectivity index (χ0v) is 12.2. The van der Waals surface area contributed by atoms with Gasteiger partial charge in [0.25, 0.3) is 10.0 Å². The Bertz CT molecular complexity index is 467. The fourth-order valence-electron chi connectivity index (χ4n) is 1.47. The van der Waals surface area contributed by atoms with Gasteiger partial charge in [-0.2, -0.15) is 9.40 Å². The molecule has 18 heavy (non-hydrogen) atoms. The highest BCUT2D eigenvalue weighted by Crippen LogP contribution is 2.17. The van der Waals surface area contributed by atoms with E-state index in [0.29, 0.717) is 12.1 Å². The summed E-state index contributed by atoms with van der Waals surface area (Å²) in [6.45, 7) is 7.09. The molecule has 0 saturated carbocycles. The number of sulfonamides is 1. The third-order valence-electron chi connectivity index (χ3n) is 2.78. The minimum absolute atomic E-state index is 0.0882. The summed E-state index contributed by atoms with van der Waals surface area (Å²) in [5.74, 6) is 0. The molecule has 0 aliphatic carbocycles. The first-order chi connectivity index (χ1) is 8.41. The maximum Gasteiger partial charge on any atom is 0.260 e. The van der Waals surface area contributed by atoms with Crippen LogP contribution in [0.1, 0.15) is 32.8 Å². The quantitative estimate of drug-likeness (QED) is 0.725. The minimum atomic E-state index is -3.49. The van der Waals surface area contributed by atoms with Gasteiger partial charge in [0.05, 0.1) is 6.20 Å². The van der Waals surface area contributed by atoms with Gasteiger partial charge in [0.15, 0.2) is 5.03 Å². The summed E-state index contributed by atoms with van der Waals surface area (Å²) in [6, 6.07) is -0.0882. The molecule has 1 aromatic heterocycles. The number of hydrogen-bond donors (Lipinski definition) is 2. The average Bonchev–Trinajstić information content (AvgIpc) is 2.77. The van der Waals surface area contributed by atoms with Crippen LogP contribution in [0.25, 0.3) is 0 Å². The van der Waals surface area contributed by atoms with Gasteiger partial charge in [-0.25, -0.2) is 8.42 Å². The van der Waals surface area contributed by atoms with Crippen molar-refractivity contribution in [1.82, 2.24) is 19.8 Å². The Labute approximate surface area is 109 Å². The lowest BCUT2D eigenvalue weighted by atomic mass is 10.3. The monoisotopic (exact) mass is 274 g/mol. The number of aromatic amines is 1. The molecule has 7 heteroatoms. The lowest BCUT2D eigenvalue weighted by molar-refractivity contribution is 0.408. The van der Waals surface area contributed by atoms with E-state index in [-0.39, 0.29) is 11.1 Å². The first-order valence-corrected chi connectivity index (χ1v) is 7.56. The maximum atomic E-state index is 12.3. The van der Waals surface area contributed by atoms with Crippen LogP contribution in [0, 0.1) is 0 Å². The van der Waals surface area contributed by atoms with Crippen molar-refractivity contribution in [3.63, 3.8) is 0 Å². The number of nitrogens with one attached hydrogen (secondary N) is 2. The Hall–Kier alpha value is -0.920. The Morgan fingerprint density at radius 1 is 1.50 bits per heavy atom. The van der Waals surface area contributed by atoms with Crippen molar-refractivity contribution in [1.29, 1.82) is 0 Å². The van der Waals surface area contributed by atoms with Crippen LogP contribution >= 0.6 is 0 Å². The maximum absolute atomic E-state index is 12.3. The van der Waals surface area contributed by atoms with Crippen LogP contribution in [0.15, 0.2) is 11.2 Å². The SMILES string of the molecule is CCCNCc1cn[nH]c1S(=O)(=O)N(C)C(C)C. The molecule has 104 valence electrons. The van der Waals surface area contributed by atoms with Crippen molar-refractivity contribution < 1.29 is 8.42 Å². The molecule has 0 aliphatic rings. The van der Waals surface area contributed by atoms with Crippen LogP contribution in [-0.4, -0.2) is 42.6 Å². The second-order valence-electron chi connectivity index (χ2n) is 4.52. The van der Waals surface area contributed by atoms with E-state index in [1.54, 1.807) is 13.2 Å². The highest BCUT2D eigenvalue weighted by atomic mass is 32.2. The smallest absolute Gasteiger partial charge is 0.260 e. The van der Waals surface area contributed by atoms with Gasteiger partial charge in [-0.15, -0.1) is 0 Å². The van der Waals surface area contributed by atoms with Crippen LogP contribution in [0.2, 0.25) is 0 Å². The van der Waals surface area contributed by atoms with Gasteiger partial charge < -0.3 is 5.32 Å². The number of hydrogen-bond acceptors (Lipinski definition) is 4. The summed E-state index contributed by atoms with van der Waals surface area (Å²) in [6.07, 6.45) is 2.57. The summed E-state index contributed by atoms with van der Waals surface area (Å²) in [7, 11) is -1.91. The van der Waals surface area contributed by atoms with Gasteiger partial charge in [-0.1, -0.05) is 6.92 Å². The Morgan fingerprint density at radius 2 is 2.17 bits per heavy atom. The topological polar surface area (TPSA) is 78.1 Å². The van der Waals surface area contributed by atoms with E-state index in [1.165, 1.54) is 4.31 Å². The summed E-state index contributed by atoms with van der Waals surface area (Å²) in [5.41, 5.74) is 0.677. The predicted molar refractivity (Wildman–Crippen MR) is 70.7 cm³/mol. The summed E-state index contributed by atoms with van der Waals surface area (Å²) in [4.78, 5) is 0. The Balaban J connectivity index is 2.93. The average molecular weight is 274 g/mol. The highest BCUT2D eigenvalue weighted by Gasteiger charge is 2.27. The van der Waals surface area contributed by atoms with E-state index in [9.17, 15) is 8.42 Å². The van der Waals surface area contributed by atoms with Gasteiger partial charge in [-0.05, 0) is 26.8 Å². The van der Waals surface area contributed by atoms with Crippen LogP contribution < -0.4 is 5.32 Å². The van der Waals surface area contributed by atoms with Crippen molar-refractivity contribution in [2.45, 2.75) is 44.8 Å². The molecule has 0 saturated heterocycles. The second kappa shape index (κ2) is 6.31. The molecule has 0 unspecified atom stereocenters. The molecule has 1 aromatic rings. The van der Waals surface area contributed by atoms with E-state index < -0.39 is 10.0 Å². The molecule has 0 fully saturated rings. The molecule has 0 amide bonds.